The molecule has 0 heterocycles. The number of nitrogen functional groups attached to an aromatic ring is 1. The lowest BCUT2D eigenvalue weighted by Gasteiger charge is -2.59. The molecule has 25 heavy (non-hydrogen) atoms. The van der Waals surface area contributed by atoms with Crippen molar-refractivity contribution >= 4 is 17.3 Å². The molecule has 3 N–H and O–H groups in total. The van der Waals surface area contributed by atoms with Crippen LogP contribution in [0.25, 0.3) is 0 Å². The third kappa shape index (κ3) is 2.77. The lowest BCUT2D eigenvalue weighted by molar-refractivity contribution is -0.383. The zero-order valence-electron chi connectivity index (χ0n) is 14.5. The number of benzene rings is 1. The predicted molar refractivity (Wildman–Crippen MR) is 95.0 cm³/mol. The van der Waals surface area contributed by atoms with Crippen molar-refractivity contribution in [3.05, 3.63) is 33.9 Å². The summed E-state index contributed by atoms with van der Waals surface area (Å²) in [7, 11) is 0. The van der Waals surface area contributed by atoms with Crippen LogP contribution in [-0.2, 0) is 0 Å². The summed E-state index contributed by atoms with van der Waals surface area (Å²) in [5.74, 6) is 2.22. The Kier molecular flexibility index (Phi) is 3.74. The minimum atomic E-state index is -0.547. The van der Waals surface area contributed by atoms with Gasteiger partial charge < -0.3 is 11.1 Å². The molecule has 6 nitrogen and oxygen atoms in total. The number of anilines is 1. The first-order valence-electron chi connectivity index (χ1n) is 9.21. The van der Waals surface area contributed by atoms with E-state index in [4.69, 9.17) is 5.73 Å². The average molecular weight is 343 g/mol. The topological polar surface area (TPSA) is 98.3 Å². The van der Waals surface area contributed by atoms with E-state index in [9.17, 15) is 14.9 Å². The molecule has 6 heteroatoms. The molecule has 1 unspecified atom stereocenters. The molecular weight excluding hydrogens is 318 g/mol. The van der Waals surface area contributed by atoms with Crippen LogP contribution in [0.3, 0.4) is 0 Å². The summed E-state index contributed by atoms with van der Waals surface area (Å²) in [6, 6.07) is 4.36. The van der Waals surface area contributed by atoms with Gasteiger partial charge >= 0.3 is 0 Å². The number of nitrogens with zero attached hydrogens (tertiary/aromatic N) is 1. The number of hydrogen-bond donors (Lipinski definition) is 2. The van der Waals surface area contributed by atoms with E-state index < -0.39 is 4.92 Å². The summed E-state index contributed by atoms with van der Waals surface area (Å²) in [4.78, 5) is 23.2. The molecule has 0 aliphatic heterocycles. The van der Waals surface area contributed by atoms with Gasteiger partial charge in [0.2, 0.25) is 0 Å². The molecular formula is C19H25N3O3. The molecule has 0 saturated heterocycles. The highest BCUT2D eigenvalue weighted by atomic mass is 16.6. The van der Waals surface area contributed by atoms with E-state index >= 15 is 0 Å². The van der Waals surface area contributed by atoms with E-state index in [-0.39, 0.29) is 28.7 Å². The molecule has 4 aliphatic carbocycles. The number of rotatable bonds is 4. The van der Waals surface area contributed by atoms with Gasteiger partial charge in [0.1, 0.15) is 5.69 Å². The number of nitro benzene ring substituents is 1. The fraction of sp³-hybridized carbons (Fsp3) is 0.632. The lowest BCUT2D eigenvalue weighted by atomic mass is 9.48. The number of carbonyl (C=O) groups is 1. The van der Waals surface area contributed by atoms with E-state index in [1.165, 1.54) is 50.7 Å². The number of hydrogen-bond acceptors (Lipinski definition) is 4. The molecule has 0 spiro atoms. The monoisotopic (exact) mass is 343 g/mol. The van der Waals surface area contributed by atoms with Gasteiger partial charge in [-0.25, -0.2) is 0 Å². The molecule has 0 aromatic heterocycles. The van der Waals surface area contributed by atoms with E-state index in [1.54, 1.807) is 6.07 Å². The highest BCUT2D eigenvalue weighted by molar-refractivity contribution is 5.95. The maximum atomic E-state index is 12.7. The molecule has 4 saturated carbocycles. The van der Waals surface area contributed by atoms with Crippen molar-refractivity contribution in [2.75, 3.05) is 5.73 Å². The average Bonchev–Trinajstić information content (AvgIpc) is 2.53. The van der Waals surface area contributed by atoms with Gasteiger partial charge in [-0.15, -0.1) is 0 Å². The minimum absolute atomic E-state index is 0.0793. The Balaban J connectivity index is 1.51. The van der Waals surface area contributed by atoms with Gasteiger partial charge in [-0.3, -0.25) is 14.9 Å². The molecule has 5 rings (SSSR count). The summed E-state index contributed by atoms with van der Waals surface area (Å²) < 4.78 is 0. The Morgan fingerprint density at radius 2 is 1.80 bits per heavy atom. The molecule has 1 aromatic carbocycles. The highest BCUT2D eigenvalue weighted by Gasteiger charge is 2.53. The third-order valence-electron chi connectivity index (χ3n) is 6.84. The second-order valence-corrected chi connectivity index (χ2v) is 8.51. The molecule has 1 aromatic rings. The highest BCUT2D eigenvalue weighted by Crippen LogP contribution is 2.61. The fourth-order valence-electron chi connectivity index (χ4n) is 5.98. The molecule has 134 valence electrons. The van der Waals surface area contributed by atoms with Crippen molar-refractivity contribution in [3.8, 4) is 0 Å². The molecule has 0 radical (unpaired) electrons. The second-order valence-electron chi connectivity index (χ2n) is 8.51. The SMILES string of the molecule is CC(NC(=O)c1ccc(N)c([N+](=O)[O-])c1)C12CC3CC(CC(C3)C1)C2. The lowest BCUT2D eigenvalue weighted by Crippen LogP contribution is -2.55. The van der Waals surface area contributed by atoms with Gasteiger partial charge in [-0.1, -0.05) is 0 Å². The van der Waals surface area contributed by atoms with E-state index in [1.807, 2.05) is 0 Å². The molecule has 4 aliphatic rings. The Bertz CT molecular complexity index is 695. The molecule has 1 atom stereocenters. The first kappa shape index (κ1) is 16.4. The standard InChI is InChI=1S/C19H25N3O3/c1-11(19-8-12-4-13(9-19)6-14(5-12)10-19)21-18(23)15-2-3-16(20)17(7-15)22(24)25/h2-3,7,11-14H,4-6,8-10,20H2,1H3,(H,21,23). The number of nitrogens with two attached hydrogens (primary N) is 1. The predicted octanol–water partition coefficient (Wildman–Crippen LogP) is 3.51. The van der Waals surface area contributed by atoms with E-state index in [2.05, 4.69) is 12.2 Å². The van der Waals surface area contributed by atoms with Crippen LogP contribution in [0.2, 0.25) is 0 Å². The van der Waals surface area contributed by atoms with Crippen molar-refractivity contribution in [2.45, 2.75) is 51.5 Å². The first-order chi connectivity index (χ1) is 11.9. The van der Waals surface area contributed by atoms with Crippen LogP contribution in [0, 0.1) is 33.3 Å². The van der Waals surface area contributed by atoms with Gasteiger partial charge in [0.05, 0.1) is 4.92 Å². The fourth-order valence-corrected chi connectivity index (χ4v) is 5.98. The Morgan fingerprint density at radius 3 is 2.32 bits per heavy atom. The van der Waals surface area contributed by atoms with Crippen LogP contribution < -0.4 is 11.1 Å². The minimum Gasteiger partial charge on any atom is -0.393 e. The van der Waals surface area contributed by atoms with Crippen molar-refractivity contribution in [1.29, 1.82) is 0 Å². The summed E-state index contributed by atoms with van der Waals surface area (Å²) in [5, 5.41) is 14.2. The Hall–Kier alpha value is -2.11. The first-order valence-corrected chi connectivity index (χ1v) is 9.21. The van der Waals surface area contributed by atoms with Crippen molar-refractivity contribution in [3.63, 3.8) is 0 Å². The number of carbonyl (C=O) groups excluding carboxylic acids is 1. The molecule has 4 fully saturated rings. The van der Waals surface area contributed by atoms with E-state index in [0.29, 0.717) is 5.56 Å². The van der Waals surface area contributed by atoms with Gasteiger partial charge in [-0.2, -0.15) is 0 Å². The maximum Gasteiger partial charge on any atom is 0.292 e. The van der Waals surface area contributed by atoms with Crippen molar-refractivity contribution < 1.29 is 9.72 Å². The van der Waals surface area contributed by atoms with Crippen LogP contribution in [0.4, 0.5) is 11.4 Å². The summed E-state index contributed by atoms with van der Waals surface area (Å²) in [5.41, 5.74) is 6.00. The quantitative estimate of drug-likeness (QED) is 0.496. The normalized spacial score (nSPS) is 33.9. The van der Waals surface area contributed by atoms with Crippen LogP contribution in [0.15, 0.2) is 18.2 Å². The van der Waals surface area contributed by atoms with Crippen molar-refractivity contribution in [1.82, 2.24) is 5.32 Å². The second kappa shape index (κ2) is 5.71. The Labute approximate surface area is 147 Å². The summed E-state index contributed by atoms with van der Waals surface area (Å²) in [6.07, 6.45) is 7.73. The molecule has 1 amide bonds. The Morgan fingerprint density at radius 1 is 1.24 bits per heavy atom. The number of nitro groups is 1. The summed E-state index contributed by atoms with van der Waals surface area (Å²) in [6.45, 7) is 2.11. The number of amides is 1. The van der Waals surface area contributed by atoms with E-state index in [0.717, 1.165) is 17.8 Å². The van der Waals surface area contributed by atoms with Crippen LogP contribution in [0.5, 0.6) is 0 Å². The summed E-state index contributed by atoms with van der Waals surface area (Å²) >= 11 is 0. The maximum absolute atomic E-state index is 12.7. The molecule has 4 bridgehead atoms. The van der Waals surface area contributed by atoms with Crippen LogP contribution in [-0.4, -0.2) is 16.9 Å². The van der Waals surface area contributed by atoms with Crippen LogP contribution in [0.1, 0.15) is 55.8 Å². The zero-order chi connectivity index (χ0) is 17.8. The van der Waals surface area contributed by atoms with Crippen LogP contribution >= 0.6 is 0 Å². The van der Waals surface area contributed by atoms with Gasteiger partial charge in [0.25, 0.3) is 11.6 Å². The van der Waals surface area contributed by atoms with Gasteiger partial charge in [0.15, 0.2) is 0 Å². The number of nitrogens with one attached hydrogen (secondary N) is 1. The largest absolute Gasteiger partial charge is 0.393 e. The smallest absolute Gasteiger partial charge is 0.292 e. The van der Waals surface area contributed by atoms with Crippen molar-refractivity contribution in [2.24, 2.45) is 23.2 Å². The van der Waals surface area contributed by atoms with Gasteiger partial charge in [-0.05, 0) is 80.8 Å². The zero-order valence-corrected chi connectivity index (χ0v) is 14.5. The third-order valence-corrected chi connectivity index (χ3v) is 6.84. The van der Waals surface area contributed by atoms with Gasteiger partial charge in [0, 0.05) is 17.7 Å².